The van der Waals surface area contributed by atoms with Crippen LogP contribution in [0.2, 0.25) is 0 Å². The number of piperazine rings is 1. The standard InChI is InChI=1S/C25H30N4O4S/c1-18-19(2)27-23-9-8-20(16-22(18)23)17-26-24(30)10-11-25(31)28-12-14-29(15-13-28)34(32,33)21-6-4-3-5-7-21/h3-9,16,27H,10-15,17H2,1-2H3,(H,26,30). The number of aryl methyl sites for hydroxylation is 2. The number of fused-ring (bicyclic) bond motifs is 1. The molecule has 9 heteroatoms. The minimum atomic E-state index is -3.56. The summed E-state index contributed by atoms with van der Waals surface area (Å²) in [4.78, 5) is 30.1. The van der Waals surface area contributed by atoms with E-state index in [0.717, 1.165) is 22.2 Å². The van der Waals surface area contributed by atoms with Gasteiger partial charge in [0.2, 0.25) is 21.8 Å². The maximum Gasteiger partial charge on any atom is 0.243 e. The molecule has 0 spiro atoms. The molecule has 1 aliphatic heterocycles. The molecule has 8 nitrogen and oxygen atoms in total. The summed E-state index contributed by atoms with van der Waals surface area (Å²) in [5.74, 6) is -0.313. The first-order valence-corrected chi connectivity index (χ1v) is 12.9. The summed E-state index contributed by atoms with van der Waals surface area (Å²) < 4.78 is 26.9. The van der Waals surface area contributed by atoms with Crippen LogP contribution in [0, 0.1) is 13.8 Å². The molecule has 3 aromatic rings. The van der Waals surface area contributed by atoms with Gasteiger partial charge >= 0.3 is 0 Å². The second-order valence-corrected chi connectivity index (χ2v) is 10.6. The normalized spacial score (nSPS) is 14.9. The third-order valence-electron chi connectivity index (χ3n) is 6.40. The Balaban J connectivity index is 1.23. The van der Waals surface area contributed by atoms with Crippen LogP contribution in [0.5, 0.6) is 0 Å². The van der Waals surface area contributed by atoms with Gasteiger partial charge in [0, 0.05) is 62.2 Å². The highest BCUT2D eigenvalue weighted by Crippen LogP contribution is 2.22. The van der Waals surface area contributed by atoms with Gasteiger partial charge in [-0.1, -0.05) is 24.3 Å². The highest BCUT2D eigenvalue weighted by atomic mass is 32.2. The van der Waals surface area contributed by atoms with Gasteiger partial charge in [-0.15, -0.1) is 0 Å². The smallest absolute Gasteiger partial charge is 0.243 e. The maximum absolute atomic E-state index is 12.7. The molecule has 0 atom stereocenters. The van der Waals surface area contributed by atoms with Crippen LogP contribution in [-0.2, 0) is 26.2 Å². The average molecular weight is 483 g/mol. The number of aromatic nitrogens is 1. The molecule has 0 saturated carbocycles. The van der Waals surface area contributed by atoms with E-state index >= 15 is 0 Å². The van der Waals surface area contributed by atoms with E-state index in [9.17, 15) is 18.0 Å². The van der Waals surface area contributed by atoms with Crippen LogP contribution in [-0.4, -0.2) is 60.6 Å². The van der Waals surface area contributed by atoms with Crippen molar-refractivity contribution in [3.05, 3.63) is 65.4 Å². The first-order valence-electron chi connectivity index (χ1n) is 11.4. The second-order valence-electron chi connectivity index (χ2n) is 8.63. The van der Waals surface area contributed by atoms with E-state index in [1.54, 1.807) is 35.2 Å². The molecule has 1 aromatic heterocycles. The number of sulfonamides is 1. The van der Waals surface area contributed by atoms with E-state index in [1.807, 2.05) is 19.1 Å². The zero-order valence-electron chi connectivity index (χ0n) is 19.5. The molecule has 34 heavy (non-hydrogen) atoms. The zero-order chi connectivity index (χ0) is 24.3. The molecule has 2 heterocycles. The molecule has 0 radical (unpaired) electrons. The molecule has 1 aliphatic rings. The molecule has 0 bridgehead atoms. The number of carbonyl (C=O) groups excluding carboxylic acids is 2. The van der Waals surface area contributed by atoms with Gasteiger partial charge in [0.1, 0.15) is 0 Å². The third-order valence-corrected chi connectivity index (χ3v) is 8.31. The lowest BCUT2D eigenvalue weighted by Crippen LogP contribution is -2.50. The number of nitrogens with zero attached hydrogens (tertiary/aromatic N) is 2. The molecule has 2 amide bonds. The molecular formula is C25H30N4O4S. The van der Waals surface area contributed by atoms with Crippen molar-refractivity contribution in [2.45, 2.75) is 38.1 Å². The SMILES string of the molecule is Cc1[nH]c2ccc(CNC(=O)CCC(=O)N3CCN(S(=O)(=O)c4ccccc4)CC3)cc2c1C. The molecule has 2 aromatic carbocycles. The van der Waals surface area contributed by atoms with E-state index in [1.165, 1.54) is 9.87 Å². The van der Waals surface area contributed by atoms with Crippen molar-refractivity contribution in [2.75, 3.05) is 26.2 Å². The van der Waals surface area contributed by atoms with Crippen molar-refractivity contribution in [2.24, 2.45) is 0 Å². The Morgan fingerprint density at radius 2 is 1.68 bits per heavy atom. The fourth-order valence-corrected chi connectivity index (χ4v) is 5.65. The lowest BCUT2D eigenvalue weighted by molar-refractivity contribution is -0.134. The number of H-pyrrole nitrogens is 1. The average Bonchev–Trinajstić information content (AvgIpc) is 3.14. The third kappa shape index (κ3) is 5.15. The fraction of sp³-hybridized carbons (Fsp3) is 0.360. The molecule has 1 saturated heterocycles. The molecule has 0 unspecified atom stereocenters. The lowest BCUT2D eigenvalue weighted by atomic mass is 10.1. The van der Waals surface area contributed by atoms with Crippen molar-refractivity contribution in [3.63, 3.8) is 0 Å². The summed E-state index contributed by atoms with van der Waals surface area (Å²) in [5.41, 5.74) is 4.41. The summed E-state index contributed by atoms with van der Waals surface area (Å²) in [6.45, 7) is 5.65. The molecule has 2 N–H and O–H groups in total. The summed E-state index contributed by atoms with van der Waals surface area (Å²) in [7, 11) is -3.56. The number of nitrogens with one attached hydrogen (secondary N) is 2. The largest absolute Gasteiger partial charge is 0.358 e. The number of rotatable bonds is 7. The Hall–Kier alpha value is -3.17. The quantitative estimate of drug-likeness (QED) is 0.541. The highest BCUT2D eigenvalue weighted by Gasteiger charge is 2.29. The van der Waals surface area contributed by atoms with Gasteiger partial charge < -0.3 is 15.2 Å². The van der Waals surface area contributed by atoms with Gasteiger partial charge in [0.05, 0.1) is 4.90 Å². The van der Waals surface area contributed by atoms with Crippen molar-refractivity contribution in [1.82, 2.24) is 19.5 Å². The number of hydrogen-bond donors (Lipinski definition) is 2. The number of benzene rings is 2. The predicted octanol–water partition coefficient (Wildman–Crippen LogP) is 2.71. The van der Waals surface area contributed by atoms with Crippen molar-refractivity contribution in [1.29, 1.82) is 0 Å². The topological polar surface area (TPSA) is 103 Å². The summed E-state index contributed by atoms with van der Waals surface area (Å²) in [6, 6.07) is 14.4. The predicted molar refractivity (Wildman–Crippen MR) is 131 cm³/mol. The van der Waals surface area contributed by atoms with Crippen molar-refractivity contribution >= 4 is 32.7 Å². The van der Waals surface area contributed by atoms with E-state index in [4.69, 9.17) is 0 Å². The van der Waals surface area contributed by atoms with Gasteiger partial charge in [-0.3, -0.25) is 9.59 Å². The summed E-state index contributed by atoms with van der Waals surface area (Å²) in [5, 5.41) is 4.03. The van der Waals surface area contributed by atoms with Gasteiger partial charge in [-0.05, 0) is 49.2 Å². The molecular weight excluding hydrogens is 452 g/mol. The number of amides is 2. The van der Waals surface area contributed by atoms with Crippen LogP contribution in [0.25, 0.3) is 10.9 Å². The highest BCUT2D eigenvalue weighted by molar-refractivity contribution is 7.89. The van der Waals surface area contributed by atoms with E-state index in [2.05, 4.69) is 23.3 Å². The Bertz CT molecular complexity index is 1290. The van der Waals surface area contributed by atoms with Gasteiger partial charge in [-0.2, -0.15) is 4.31 Å². The number of aromatic amines is 1. The second kappa shape index (κ2) is 9.99. The summed E-state index contributed by atoms with van der Waals surface area (Å²) in [6.07, 6.45) is 0.207. The van der Waals surface area contributed by atoms with Crippen LogP contribution in [0.4, 0.5) is 0 Å². The number of carbonyl (C=O) groups is 2. The Morgan fingerprint density at radius 3 is 2.38 bits per heavy atom. The van der Waals surface area contributed by atoms with Gasteiger partial charge in [-0.25, -0.2) is 8.42 Å². The maximum atomic E-state index is 12.7. The van der Waals surface area contributed by atoms with Crippen LogP contribution < -0.4 is 5.32 Å². The van der Waals surface area contributed by atoms with Crippen LogP contribution >= 0.6 is 0 Å². The monoisotopic (exact) mass is 482 g/mol. The summed E-state index contributed by atoms with van der Waals surface area (Å²) >= 11 is 0. The Morgan fingerprint density at radius 1 is 0.971 bits per heavy atom. The van der Waals surface area contributed by atoms with Crippen LogP contribution in [0.15, 0.2) is 53.4 Å². The van der Waals surface area contributed by atoms with Crippen molar-refractivity contribution in [3.8, 4) is 0 Å². The molecule has 1 fully saturated rings. The fourth-order valence-electron chi connectivity index (χ4n) is 4.21. The van der Waals surface area contributed by atoms with E-state index in [0.29, 0.717) is 19.6 Å². The number of hydrogen-bond acceptors (Lipinski definition) is 4. The van der Waals surface area contributed by atoms with E-state index < -0.39 is 10.0 Å². The molecule has 0 aliphatic carbocycles. The van der Waals surface area contributed by atoms with Gasteiger partial charge in [0.25, 0.3) is 0 Å². The first kappa shape index (κ1) is 24.0. The first-order chi connectivity index (χ1) is 16.3. The Labute approximate surface area is 200 Å². The van der Waals surface area contributed by atoms with Gasteiger partial charge in [0.15, 0.2) is 0 Å². The Kier molecular flexibility index (Phi) is 7.04. The minimum absolute atomic E-state index is 0.103. The van der Waals surface area contributed by atoms with Crippen LogP contribution in [0.1, 0.15) is 29.7 Å². The molecule has 180 valence electrons. The van der Waals surface area contributed by atoms with Crippen molar-refractivity contribution < 1.29 is 18.0 Å². The minimum Gasteiger partial charge on any atom is -0.358 e. The zero-order valence-corrected chi connectivity index (χ0v) is 20.3. The lowest BCUT2D eigenvalue weighted by Gasteiger charge is -2.34. The van der Waals surface area contributed by atoms with E-state index in [-0.39, 0.29) is 42.6 Å². The molecule has 4 rings (SSSR count). The van der Waals surface area contributed by atoms with Crippen LogP contribution in [0.3, 0.4) is 0 Å².